The average molecular weight is 336 g/mol. The molecule has 0 aromatic heterocycles. The molecule has 1 N–H and O–H groups in total. The average Bonchev–Trinajstić information content (AvgIpc) is 2.49. The number of hydrogen-bond acceptors (Lipinski definition) is 2. The highest BCUT2D eigenvalue weighted by atomic mass is 35.5. The Labute approximate surface area is 139 Å². The van der Waals surface area contributed by atoms with Crippen molar-refractivity contribution in [2.75, 3.05) is 11.9 Å². The van der Waals surface area contributed by atoms with E-state index in [2.05, 4.69) is 11.9 Å². The predicted molar refractivity (Wildman–Crippen MR) is 90.9 cm³/mol. The molecule has 0 heterocycles. The van der Waals surface area contributed by atoms with E-state index < -0.39 is 0 Å². The fourth-order valence-electron chi connectivity index (χ4n) is 1.86. The van der Waals surface area contributed by atoms with Crippen LogP contribution in [0.5, 0.6) is 5.75 Å². The molecular formula is C17H15Cl2NO2. The highest BCUT2D eigenvalue weighted by Crippen LogP contribution is 2.23. The summed E-state index contributed by atoms with van der Waals surface area (Å²) in [6.45, 7) is 4.01. The van der Waals surface area contributed by atoms with Crippen LogP contribution in [0.15, 0.2) is 55.1 Å². The van der Waals surface area contributed by atoms with Gasteiger partial charge >= 0.3 is 0 Å². The van der Waals surface area contributed by atoms with Gasteiger partial charge in [0.15, 0.2) is 0 Å². The zero-order chi connectivity index (χ0) is 15.9. The number of halogens is 2. The lowest BCUT2D eigenvalue weighted by Crippen LogP contribution is -2.14. The second kappa shape index (κ2) is 7.87. The van der Waals surface area contributed by atoms with Gasteiger partial charge in [-0.1, -0.05) is 48.0 Å². The van der Waals surface area contributed by atoms with E-state index in [0.717, 1.165) is 5.56 Å². The van der Waals surface area contributed by atoms with Crippen LogP contribution < -0.4 is 10.1 Å². The van der Waals surface area contributed by atoms with Crippen molar-refractivity contribution in [3.05, 3.63) is 70.7 Å². The minimum Gasteiger partial charge on any atom is -0.489 e. The van der Waals surface area contributed by atoms with Crippen molar-refractivity contribution >= 4 is 34.8 Å². The molecule has 2 rings (SSSR count). The molecule has 0 atom stereocenters. The molecule has 0 spiro atoms. The van der Waals surface area contributed by atoms with E-state index in [4.69, 9.17) is 27.9 Å². The van der Waals surface area contributed by atoms with Crippen LogP contribution in [0.4, 0.5) is 5.69 Å². The van der Waals surface area contributed by atoms with Crippen LogP contribution in [0.25, 0.3) is 0 Å². The second-order valence-corrected chi connectivity index (χ2v) is 5.42. The molecule has 0 saturated carbocycles. The maximum absolute atomic E-state index is 12.1. The summed E-state index contributed by atoms with van der Waals surface area (Å²) in [4.78, 5) is 12.1. The standard InChI is InChI=1S/C17H15Cl2NO2/c1-2-8-22-14-5-3-4-13(11-14)20-17(21)10-12-6-7-15(18)16(19)9-12/h2-7,9,11H,1,8,10H2,(H,20,21). The molecule has 0 fully saturated rings. The van der Waals surface area contributed by atoms with Crippen LogP contribution in [-0.4, -0.2) is 12.5 Å². The van der Waals surface area contributed by atoms with Gasteiger partial charge in [-0.25, -0.2) is 0 Å². The molecule has 2 aromatic carbocycles. The lowest BCUT2D eigenvalue weighted by Gasteiger charge is -2.08. The van der Waals surface area contributed by atoms with Gasteiger partial charge in [0.05, 0.1) is 16.5 Å². The minimum atomic E-state index is -0.140. The lowest BCUT2D eigenvalue weighted by atomic mass is 10.1. The van der Waals surface area contributed by atoms with Crippen LogP contribution >= 0.6 is 23.2 Å². The minimum absolute atomic E-state index is 0.140. The van der Waals surface area contributed by atoms with E-state index in [9.17, 15) is 4.79 Å². The Morgan fingerprint density at radius 3 is 2.73 bits per heavy atom. The van der Waals surface area contributed by atoms with Crippen LogP contribution in [0.3, 0.4) is 0 Å². The Hall–Kier alpha value is -1.97. The smallest absolute Gasteiger partial charge is 0.228 e. The summed E-state index contributed by atoms with van der Waals surface area (Å²) in [5.74, 6) is 0.534. The number of rotatable bonds is 6. The van der Waals surface area contributed by atoms with Gasteiger partial charge in [-0.3, -0.25) is 4.79 Å². The van der Waals surface area contributed by atoms with Crippen LogP contribution in [0.2, 0.25) is 10.0 Å². The molecule has 22 heavy (non-hydrogen) atoms. The third-order valence-electron chi connectivity index (χ3n) is 2.83. The summed E-state index contributed by atoms with van der Waals surface area (Å²) in [5.41, 5.74) is 1.47. The maximum atomic E-state index is 12.1. The predicted octanol–water partition coefficient (Wildman–Crippen LogP) is 4.74. The summed E-state index contributed by atoms with van der Waals surface area (Å²) >= 11 is 11.8. The van der Waals surface area contributed by atoms with Crippen molar-refractivity contribution in [1.82, 2.24) is 0 Å². The van der Waals surface area contributed by atoms with Gasteiger partial charge in [0.2, 0.25) is 5.91 Å². The molecular weight excluding hydrogens is 321 g/mol. The normalized spacial score (nSPS) is 10.1. The first-order valence-electron chi connectivity index (χ1n) is 6.66. The van der Waals surface area contributed by atoms with Crippen LogP contribution in [0.1, 0.15) is 5.56 Å². The van der Waals surface area contributed by atoms with Gasteiger partial charge in [-0.15, -0.1) is 0 Å². The Balaban J connectivity index is 1.99. The van der Waals surface area contributed by atoms with Crippen molar-refractivity contribution in [2.24, 2.45) is 0 Å². The molecule has 1 amide bonds. The summed E-state index contributed by atoms with van der Waals surface area (Å²) < 4.78 is 5.42. The fourth-order valence-corrected chi connectivity index (χ4v) is 2.18. The quantitative estimate of drug-likeness (QED) is 0.774. The van der Waals surface area contributed by atoms with Gasteiger partial charge in [0.25, 0.3) is 0 Å². The van der Waals surface area contributed by atoms with E-state index in [0.29, 0.717) is 28.1 Å². The Kier molecular flexibility index (Phi) is 5.87. The molecule has 5 heteroatoms. The molecule has 0 radical (unpaired) electrons. The van der Waals surface area contributed by atoms with Crippen molar-refractivity contribution in [2.45, 2.75) is 6.42 Å². The molecule has 0 saturated heterocycles. The molecule has 0 unspecified atom stereocenters. The van der Waals surface area contributed by atoms with E-state index in [1.165, 1.54) is 0 Å². The number of hydrogen-bond donors (Lipinski definition) is 1. The summed E-state index contributed by atoms with van der Waals surface area (Å²) in [6.07, 6.45) is 1.88. The van der Waals surface area contributed by atoms with Gasteiger partial charge in [0.1, 0.15) is 12.4 Å². The van der Waals surface area contributed by atoms with Gasteiger partial charge in [-0.2, -0.15) is 0 Å². The Morgan fingerprint density at radius 1 is 1.18 bits per heavy atom. The van der Waals surface area contributed by atoms with Crippen LogP contribution in [-0.2, 0) is 11.2 Å². The molecule has 0 aliphatic carbocycles. The number of ether oxygens (including phenoxy) is 1. The van der Waals surface area contributed by atoms with E-state index >= 15 is 0 Å². The molecule has 2 aromatic rings. The highest BCUT2D eigenvalue weighted by Gasteiger charge is 2.07. The van der Waals surface area contributed by atoms with E-state index in [-0.39, 0.29) is 12.3 Å². The number of carbonyl (C=O) groups is 1. The molecule has 0 aliphatic heterocycles. The number of carbonyl (C=O) groups excluding carboxylic acids is 1. The van der Waals surface area contributed by atoms with Crippen LogP contribution in [0, 0.1) is 0 Å². The Morgan fingerprint density at radius 2 is 2.00 bits per heavy atom. The van der Waals surface area contributed by atoms with Crippen molar-refractivity contribution in [3.63, 3.8) is 0 Å². The van der Waals surface area contributed by atoms with E-state index in [1.54, 1.807) is 36.4 Å². The zero-order valence-electron chi connectivity index (χ0n) is 11.8. The maximum Gasteiger partial charge on any atom is 0.228 e. The zero-order valence-corrected chi connectivity index (χ0v) is 13.3. The fraction of sp³-hybridized carbons (Fsp3) is 0.118. The lowest BCUT2D eigenvalue weighted by molar-refractivity contribution is -0.115. The molecule has 0 bridgehead atoms. The highest BCUT2D eigenvalue weighted by molar-refractivity contribution is 6.42. The summed E-state index contributed by atoms with van der Waals surface area (Å²) in [7, 11) is 0. The number of nitrogens with one attached hydrogen (secondary N) is 1. The summed E-state index contributed by atoms with van der Waals surface area (Å²) in [6, 6.07) is 12.3. The largest absolute Gasteiger partial charge is 0.489 e. The SMILES string of the molecule is C=CCOc1cccc(NC(=O)Cc2ccc(Cl)c(Cl)c2)c1. The first kappa shape index (κ1) is 16.4. The number of anilines is 1. The van der Waals surface area contributed by atoms with Gasteiger partial charge in [-0.05, 0) is 29.8 Å². The monoisotopic (exact) mass is 335 g/mol. The Bertz CT molecular complexity index is 686. The molecule has 114 valence electrons. The van der Waals surface area contributed by atoms with E-state index in [1.807, 2.05) is 12.1 Å². The number of amides is 1. The van der Waals surface area contributed by atoms with Gasteiger partial charge in [0, 0.05) is 11.8 Å². The first-order chi connectivity index (χ1) is 10.6. The summed E-state index contributed by atoms with van der Waals surface area (Å²) in [5, 5.41) is 3.73. The van der Waals surface area contributed by atoms with Crippen molar-refractivity contribution in [1.29, 1.82) is 0 Å². The number of benzene rings is 2. The first-order valence-corrected chi connectivity index (χ1v) is 7.41. The third-order valence-corrected chi connectivity index (χ3v) is 3.57. The second-order valence-electron chi connectivity index (χ2n) is 4.60. The van der Waals surface area contributed by atoms with Crippen molar-refractivity contribution in [3.8, 4) is 5.75 Å². The molecule has 3 nitrogen and oxygen atoms in total. The third kappa shape index (κ3) is 4.79. The van der Waals surface area contributed by atoms with Crippen molar-refractivity contribution < 1.29 is 9.53 Å². The van der Waals surface area contributed by atoms with Gasteiger partial charge < -0.3 is 10.1 Å². The molecule has 0 aliphatic rings. The topological polar surface area (TPSA) is 38.3 Å².